The van der Waals surface area contributed by atoms with Crippen LogP contribution in [-0.2, 0) is 0 Å². The molecule has 0 bridgehead atoms. The first-order chi connectivity index (χ1) is 10.2. The second-order valence-corrected chi connectivity index (χ2v) is 5.60. The summed E-state index contributed by atoms with van der Waals surface area (Å²) in [5.41, 5.74) is 7.33. The summed E-state index contributed by atoms with van der Waals surface area (Å²) < 4.78 is 11.9. The normalized spacial score (nSPS) is 13.6. The van der Waals surface area contributed by atoms with Crippen LogP contribution in [0.5, 0.6) is 11.5 Å². The lowest BCUT2D eigenvalue weighted by Gasteiger charge is -2.12. The van der Waals surface area contributed by atoms with Gasteiger partial charge in [-0.1, -0.05) is 12.1 Å². The minimum Gasteiger partial charge on any atom is -0.490 e. The fourth-order valence-electron chi connectivity index (χ4n) is 2.21. The van der Waals surface area contributed by atoms with Crippen LogP contribution in [0.3, 0.4) is 0 Å². The first-order valence-corrected chi connectivity index (χ1v) is 7.44. The molecule has 1 aliphatic heterocycles. The molecule has 2 aromatic carbocycles. The standard InChI is InChI=1S/C16H14BrNO3/c17-12-9-15-14(20-6-3-7-21-15)8-11(12)16(19)10-4-1-2-5-13(10)18/h1-2,4-5,8-9H,3,6-7,18H2. The number of halogens is 1. The van der Waals surface area contributed by atoms with Gasteiger partial charge in [0.2, 0.25) is 0 Å². The van der Waals surface area contributed by atoms with Crippen molar-refractivity contribution >= 4 is 27.4 Å². The molecular formula is C16H14BrNO3. The Morgan fingerprint density at radius 3 is 2.43 bits per heavy atom. The lowest BCUT2D eigenvalue weighted by Crippen LogP contribution is -2.06. The van der Waals surface area contributed by atoms with Gasteiger partial charge in [-0.15, -0.1) is 0 Å². The quantitative estimate of drug-likeness (QED) is 0.667. The van der Waals surface area contributed by atoms with Crippen molar-refractivity contribution in [2.24, 2.45) is 0 Å². The molecule has 0 fully saturated rings. The molecule has 0 amide bonds. The molecule has 0 aromatic heterocycles. The number of anilines is 1. The number of nitrogens with two attached hydrogens (primary N) is 1. The van der Waals surface area contributed by atoms with Crippen molar-refractivity contribution in [3.05, 3.63) is 52.0 Å². The largest absolute Gasteiger partial charge is 0.490 e. The Morgan fingerprint density at radius 1 is 1.05 bits per heavy atom. The number of rotatable bonds is 2. The van der Waals surface area contributed by atoms with Gasteiger partial charge in [-0.25, -0.2) is 0 Å². The topological polar surface area (TPSA) is 61.6 Å². The second kappa shape index (κ2) is 5.77. The van der Waals surface area contributed by atoms with E-state index in [4.69, 9.17) is 15.2 Å². The van der Waals surface area contributed by atoms with Gasteiger partial charge in [0, 0.05) is 27.7 Å². The summed E-state index contributed by atoms with van der Waals surface area (Å²) in [6, 6.07) is 10.5. The zero-order valence-corrected chi connectivity index (χ0v) is 12.9. The number of carbonyl (C=O) groups is 1. The summed E-state index contributed by atoms with van der Waals surface area (Å²) in [5.74, 6) is 1.10. The highest BCUT2D eigenvalue weighted by atomic mass is 79.9. The number of ketones is 1. The van der Waals surface area contributed by atoms with Gasteiger partial charge < -0.3 is 15.2 Å². The smallest absolute Gasteiger partial charge is 0.196 e. The summed E-state index contributed by atoms with van der Waals surface area (Å²) >= 11 is 3.43. The third-order valence-corrected chi connectivity index (χ3v) is 3.94. The molecule has 3 rings (SSSR count). The van der Waals surface area contributed by atoms with Crippen LogP contribution in [0.15, 0.2) is 40.9 Å². The zero-order chi connectivity index (χ0) is 14.8. The predicted molar refractivity (Wildman–Crippen MR) is 84.0 cm³/mol. The monoisotopic (exact) mass is 347 g/mol. The Morgan fingerprint density at radius 2 is 1.71 bits per heavy atom. The van der Waals surface area contributed by atoms with Gasteiger partial charge in [0.25, 0.3) is 0 Å². The van der Waals surface area contributed by atoms with E-state index in [-0.39, 0.29) is 5.78 Å². The van der Waals surface area contributed by atoms with Crippen molar-refractivity contribution in [2.75, 3.05) is 18.9 Å². The van der Waals surface area contributed by atoms with Crippen molar-refractivity contribution in [3.8, 4) is 11.5 Å². The molecular weight excluding hydrogens is 334 g/mol. The summed E-state index contributed by atoms with van der Waals surface area (Å²) in [7, 11) is 0. The predicted octanol–water partition coefficient (Wildman–Crippen LogP) is 3.42. The van der Waals surface area contributed by atoms with E-state index in [1.165, 1.54) is 0 Å². The summed E-state index contributed by atoms with van der Waals surface area (Å²) in [6.07, 6.45) is 0.821. The van der Waals surface area contributed by atoms with Crippen LogP contribution < -0.4 is 15.2 Å². The average molecular weight is 348 g/mol. The van der Waals surface area contributed by atoms with Crippen molar-refractivity contribution in [1.29, 1.82) is 0 Å². The van der Waals surface area contributed by atoms with Crippen LogP contribution in [0.2, 0.25) is 0 Å². The number of hydrogen-bond acceptors (Lipinski definition) is 4. The fraction of sp³-hybridized carbons (Fsp3) is 0.188. The van der Waals surface area contributed by atoms with E-state index >= 15 is 0 Å². The van der Waals surface area contributed by atoms with Gasteiger partial charge in [0.15, 0.2) is 17.3 Å². The SMILES string of the molecule is Nc1ccccc1C(=O)c1cc2c(cc1Br)OCCCO2. The molecule has 5 heteroatoms. The molecule has 1 aliphatic rings. The summed E-state index contributed by atoms with van der Waals surface area (Å²) in [5, 5.41) is 0. The van der Waals surface area contributed by atoms with E-state index in [2.05, 4.69) is 15.9 Å². The van der Waals surface area contributed by atoms with Gasteiger partial charge in [-0.3, -0.25) is 4.79 Å². The highest BCUT2D eigenvalue weighted by Gasteiger charge is 2.20. The summed E-state index contributed by atoms with van der Waals surface area (Å²) in [4.78, 5) is 12.7. The zero-order valence-electron chi connectivity index (χ0n) is 11.3. The molecule has 4 nitrogen and oxygen atoms in total. The summed E-state index contributed by atoms with van der Waals surface area (Å²) in [6.45, 7) is 1.19. The molecule has 0 spiro atoms. The van der Waals surface area contributed by atoms with Crippen LogP contribution in [-0.4, -0.2) is 19.0 Å². The number of ether oxygens (including phenoxy) is 2. The third kappa shape index (κ3) is 2.74. The number of carbonyl (C=O) groups excluding carboxylic acids is 1. The van der Waals surface area contributed by atoms with E-state index in [1.807, 2.05) is 0 Å². The molecule has 2 N–H and O–H groups in total. The average Bonchev–Trinajstić information content (AvgIpc) is 2.71. The van der Waals surface area contributed by atoms with Crippen molar-refractivity contribution < 1.29 is 14.3 Å². The van der Waals surface area contributed by atoms with Crippen LogP contribution in [0.25, 0.3) is 0 Å². The maximum absolute atomic E-state index is 12.7. The first kappa shape index (κ1) is 13.9. The van der Waals surface area contributed by atoms with Crippen molar-refractivity contribution in [1.82, 2.24) is 0 Å². The number of para-hydroxylation sites is 1. The van der Waals surface area contributed by atoms with Gasteiger partial charge in [-0.2, -0.15) is 0 Å². The van der Waals surface area contributed by atoms with Crippen LogP contribution in [0.4, 0.5) is 5.69 Å². The number of nitrogen functional groups attached to an aromatic ring is 1. The Kier molecular flexibility index (Phi) is 3.84. The van der Waals surface area contributed by atoms with E-state index in [0.717, 1.165) is 6.42 Å². The molecule has 21 heavy (non-hydrogen) atoms. The molecule has 0 atom stereocenters. The van der Waals surface area contributed by atoms with Gasteiger partial charge in [0.05, 0.1) is 13.2 Å². The highest BCUT2D eigenvalue weighted by molar-refractivity contribution is 9.10. The highest BCUT2D eigenvalue weighted by Crippen LogP contribution is 2.36. The Bertz CT molecular complexity index is 700. The number of benzene rings is 2. The maximum atomic E-state index is 12.7. The lowest BCUT2D eigenvalue weighted by atomic mass is 10.0. The van der Waals surface area contributed by atoms with Crippen LogP contribution in [0.1, 0.15) is 22.3 Å². The molecule has 0 radical (unpaired) electrons. The van der Waals surface area contributed by atoms with Gasteiger partial charge >= 0.3 is 0 Å². The molecule has 108 valence electrons. The molecule has 0 saturated carbocycles. The Balaban J connectivity index is 2.05. The maximum Gasteiger partial charge on any atom is 0.196 e. The molecule has 0 aliphatic carbocycles. The van der Waals surface area contributed by atoms with Crippen LogP contribution in [0, 0.1) is 0 Å². The third-order valence-electron chi connectivity index (χ3n) is 3.29. The first-order valence-electron chi connectivity index (χ1n) is 6.65. The van der Waals surface area contributed by atoms with Crippen molar-refractivity contribution in [2.45, 2.75) is 6.42 Å². The minimum absolute atomic E-state index is 0.143. The van der Waals surface area contributed by atoms with E-state index < -0.39 is 0 Å². The number of fused-ring (bicyclic) bond motifs is 1. The lowest BCUT2D eigenvalue weighted by molar-refractivity contribution is 0.103. The Hall–Kier alpha value is -2.01. The van der Waals surface area contributed by atoms with Gasteiger partial charge in [-0.05, 0) is 40.2 Å². The molecule has 0 unspecified atom stereocenters. The second-order valence-electron chi connectivity index (χ2n) is 4.75. The molecule has 0 saturated heterocycles. The van der Waals surface area contributed by atoms with Gasteiger partial charge in [0.1, 0.15) is 0 Å². The van der Waals surface area contributed by atoms with E-state index in [0.29, 0.717) is 46.0 Å². The van der Waals surface area contributed by atoms with Crippen LogP contribution >= 0.6 is 15.9 Å². The Labute approximate surface area is 131 Å². The minimum atomic E-state index is -0.143. The van der Waals surface area contributed by atoms with E-state index in [9.17, 15) is 4.79 Å². The molecule has 2 aromatic rings. The number of hydrogen-bond donors (Lipinski definition) is 1. The molecule has 1 heterocycles. The van der Waals surface area contributed by atoms with Crippen molar-refractivity contribution in [3.63, 3.8) is 0 Å². The van der Waals surface area contributed by atoms with E-state index in [1.54, 1.807) is 36.4 Å². The fourth-order valence-corrected chi connectivity index (χ4v) is 2.71.